The van der Waals surface area contributed by atoms with E-state index in [-0.39, 0.29) is 18.6 Å². The van der Waals surface area contributed by atoms with E-state index in [2.05, 4.69) is 0 Å². The lowest BCUT2D eigenvalue weighted by Crippen LogP contribution is -2.09. The van der Waals surface area contributed by atoms with Gasteiger partial charge in [-0.1, -0.05) is 0 Å². The van der Waals surface area contributed by atoms with E-state index in [0.717, 1.165) is 23.1 Å². The fraction of sp³-hybridized carbons (Fsp3) is 0.533. The van der Waals surface area contributed by atoms with Crippen LogP contribution in [0.25, 0.3) is 0 Å². The number of carboxylic acid groups (broad SMARTS) is 1. The van der Waals surface area contributed by atoms with Gasteiger partial charge in [0.05, 0.1) is 13.5 Å². The van der Waals surface area contributed by atoms with Crippen LogP contribution in [0.1, 0.15) is 30.5 Å². The topological polar surface area (TPSA) is 65.0 Å². The van der Waals surface area contributed by atoms with E-state index < -0.39 is 5.97 Å². The molecular weight excluding hydrogens is 260 g/mol. The van der Waals surface area contributed by atoms with Crippen molar-refractivity contribution in [2.75, 3.05) is 7.11 Å². The van der Waals surface area contributed by atoms with Gasteiger partial charge in [0.2, 0.25) is 0 Å². The lowest BCUT2D eigenvalue weighted by Gasteiger charge is -2.15. The molecule has 5 heteroatoms. The Morgan fingerprint density at radius 1 is 1.20 bits per heavy atom. The van der Waals surface area contributed by atoms with Crippen LogP contribution in [0, 0.1) is 0 Å². The summed E-state index contributed by atoms with van der Waals surface area (Å²) in [4.78, 5) is 11.2. The fourth-order valence-electron chi connectivity index (χ4n) is 3.12. The molecule has 0 amide bonds. The van der Waals surface area contributed by atoms with Crippen molar-refractivity contribution in [3.05, 3.63) is 16.7 Å². The lowest BCUT2D eigenvalue weighted by atomic mass is 9.95. The van der Waals surface area contributed by atoms with Crippen LogP contribution in [-0.4, -0.2) is 30.4 Å². The van der Waals surface area contributed by atoms with Gasteiger partial charge in [-0.25, -0.2) is 0 Å². The summed E-state index contributed by atoms with van der Waals surface area (Å²) in [5, 5.41) is 9.16. The van der Waals surface area contributed by atoms with Gasteiger partial charge < -0.3 is 19.3 Å². The summed E-state index contributed by atoms with van der Waals surface area (Å²) in [6.45, 7) is 3.94. The zero-order valence-electron chi connectivity index (χ0n) is 11.9. The van der Waals surface area contributed by atoms with E-state index in [4.69, 9.17) is 19.3 Å². The van der Waals surface area contributed by atoms with Gasteiger partial charge in [0, 0.05) is 29.5 Å². The molecule has 2 unspecified atom stereocenters. The van der Waals surface area contributed by atoms with Crippen LogP contribution in [0.2, 0.25) is 0 Å². The normalized spacial score (nSPS) is 22.8. The summed E-state index contributed by atoms with van der Waals surface area (Å²) in [5.41, 5.74) is 2.60. The number of aliphatic carboxylic acids is 1. The summed E-state index contributed by atoms with van der Waals surface area (Å²) in [6.07, 6.45) is 1.44. The van der Waals surface area contributed by atoms with Crippen LogP contribution in [0.3, 0.4) is 0 Å². The summed E-state index contributed by atoms with van der Waals surface area (Å²) in [7, 11) is 1.61. The van der Waals surface area contributed by atoms with E-state index in [9.17, 15) is 4.79 Å². The van der Waals surface area contributed by atoms with E-state index in [0.29, 0.717) is 23.7 Å². The van der Waals surface area contributed by atoms with Crippen molar-refractivity contribution in [2.45, 2.75) is 45.3 Å². The second kappa shape index (κ2) is 4.58. The summed E-state index contributed by atoms with van der Waals surface area (Å²) in [6, 6.07) is 0. The maximum absolute atomic E-state index is 11.2. The first-order valence-electron chi connectivity index (χ1n) is 6.81. The van der Waals surface area contributed by atoms with Crippen LogP contribution in [0.5, 0.6) is 17.2 Å². The van der Waals surface area contributed by atoms with Crippen LogP contribution >= 0.6 is 0 Å². The number of methoxy groups -OCH3 is 1. The number of fused-ring (bicyclic) bond motifs is 2. The Kier molecular flexibility index (Phi) is 3.00. The van der Waals surface area contributed by atoms with Crippen molar-refractivity contribution in [2.24, 2.45) is 0 Å². The average Bonchev–Trinajstić information content (AvgIpc) is 2.91. The highest BCUT2D eigenvalue weighted by molar-refractivity contribution is 5.76. The Labute approximate surface area is 117 Å². The Morgan fingerprint density at radius 2 is 1.80 bits per heavy atom. The molecule has 1 N–H and O–H groups in total. The molecule has 3 rings (SSSR count). The number of rotatable bonds is 3. The molecule has 108 valence electrons. The Morgan fingerprint density at radius 3 is 2.40 bits per heavy atom. The third kappa shape index (κ3) is 1.88. The predicted octanol–water partition coefficient (Wildman–Crippen LogP) is 1.97. The summed E-state index contributed by atoms with van der Waals surface area (Å²) >= 11 is 0. The number of ether oxygens (including phenoxy) is 3. The average molecular weight is 278 g/mol. The maximum atomic E-state index is 11.2. The highest BCUT2D eigenvalue weighted by Gasteiger charge is 2.36. The molecule has 0 aliphatic carbocycles. The van der Waals surface area contributed by atoms with E-state index in [1.807, 2.05) is 13.8 Å². The molecule has 0 saturated carbocycles. The van der Waals surface area contributed by atoms with Crippen LogP contribution < -0.4 is 14.2 Å². The van der Waals surface area contributed by atoms with Gasteiger partial charge in [0.25, 0.3) is 0 Å². The molecular formula is C15H18O5. The minimum atomic E-state index is -0.859. The second-order valence-electron chi connectivity index (χ2n) is 5.46. The molecule has 0 radical (unpaired) electrons. The molecule has 0 bridgehead atoms. The quantitative estimate of drug-likeness (QED) is 0.915. The summed E-state index contributed by atoms with van der Waals surface area (Å²) in [5.74, 6) is 1.24. The molecule has 2 aliphatic rings. The zero-order valence-corrected chi connectivity index (χ0v) is 11.9. The Hall–Kier alpha value is -1.91. The number of carboxylic acids is 1. The highest BCUT2D eigenvalue weighted by atomic mass is 16.5. The van der Waals surface area contributed by atoms with Crippen molar-refractivity contribution in [3.63, 3.8) is 0 Å². The Balaban J connectivity index is 2.22. The van der Waals surface area contributed by atoms with E-state index in [1.165, 1.54) is 0 Å². The van der Waals surface area contributed by atoms with Gasteiger partial charge in [-0.05, 0) is 13.8 Å². The first kappa shape index (κ1) is 13.1. The first-order chi connectivity index (χ1) is 9.51. The van der Waals surface area contributed by atoms with Crippen molar-refractivity contribution >= 4 is 5.97 Å². The predicted molar refractivity (Wildman–Crippen MR) is 71.9 cm³/mol. The minimum absolute atomic E-state index is 0.0337. The van der Waals surface area contributed by atoms with Gasteiger partial charge in [0.1, 0.15) is 18.0 Å². The molecule has 2 aliphatic heterocycles. The maximum Gasteiger partial charge on any atom is 0.307 e. The summed E-state index contributed by atoms with van der Waals surface area (Å²) < 4.78 is 17.2. The standard InChI is InChI=1S/C15H18O5/c1-7-4-9-10(6-12(16)17)13-11(5-8(2)19-13)14(18-3)15(9)20-7/h7-8H,4-6H2,1-3H3,(H,16,17). The van der Waals surface area contributed by atoms with Gasteiger partial charge in [0.15, 0.2) is 11.5 Å². The van der Waals surface area contributed by atoms with Crippen molar-refractivity contribution in [1.29, 1.82) is 0 Å². The largest absolute Gasteiger partial charge is 0.492 e. The van der Waals surface area contributed by atoms with Crippen molar-refractivity contribution in [1.82, 2.24) is 0 Å². The second-order valence-corrected chi connectivity index (χ2v) is 5.46. The van der Waals surface area contributed by atoms with Gasteiger partial charge in [-0.2, -0.15) is 0 Å². The molecule has 5 nitrogen and oxygen atoms in total. The Bertz CT molecular complexity index is 539. The fourth-order valence-corrected chi connectivity index (χ4v) is 3.12. The molecule has 2 heterocycles. The van der Waals surface area contributed by atoms with Crippen LogP contribution in [-0.2, 0) is 24.1 Å². The smallest absolute Gasteiger partial charge is 0.307 e. The molecule has 0 fully saturated rings. The molecule has 0 spiro atoms. The molecule has 2 atom stereocenters. The SMILES string of the molecule is COc1c2c(c(CC(=O)O)c3c1OC(C)C3)OC(C)C2. The minimum Gasteiger partial charge on any atom is -0.492 e. The van der Waals surface area contributed by atoms with Gasteiger partial charge in [-0.3, -0.25) is 4.79 Å². The van der Waals surface area contributed by atoms with Gasteiger partial charge >= 0.3 is 5.97 Å². The highest BCUT2D eigenvalue weighted by Crippen LogP contribution is 2.51. The number of hydrogen-bond acceptors (Lipinski definition) is 4. The monoisotopic (exact) mass is 278 g/mol. The third-order valence-electron chi connectivity index (χ3n) is 3.82. The molecule has 0 aromatic heterocycles. The first-order valence-corrected chi connectivity index (χ1v) is 6.81. The number of hydrogen-bond donors (Lipinski definition) is 1. The number of benzene rings is 1. The molecule has 0 saturated heterocycles. The van der Waals surface area contributed by atoms with Crippen LogP contribution in [0.15, 0.2) is 0 Å². The van der Waals surface area contributed by atoms with E-state index >= 15 is 0 Å². The zero-order chi connectivity index (χ0) is 14.4. The molecule has 1 aromatic carbocycles. The van der Waals surface area contributed by atoms with E-state index in [1.54, 1.807) is 7.11 Å². The molecule has 20 heavy (non-hydrogen) atoms. The van der Waals surface area contributed by atoms with Gasteiger partial charge in [-0.15, -0.1) is 0 Å². The molecule has 1 aromatic rings. The third-order valence-corrected chi connectivity index (χ3v) is 3.82. The van der Waals surface area contributed by atoms with Crippen molar-refractivity contribution < 1.29 is 24.1 Å². The number of carbonyl (C=O) groups is 1. The van der Waals surface area contributed by atoms with Crippen LogP contribution in [0.4, 0.5) is 0 Å². The lowest BCUT2D eigenvalue weighted by molar-refractivity contribution is -0.136. The van der Waals surface area contributed by atoms with Crippen molar-refractivity contribution in [3.8, 4) is 17.2 Å².